The molecule has 1 saturated carbocycles. The maximum absolute atomic E-state index is 12.7. The molecule has 4 nitrogen and oxygen atoms in total. The molecule has 1 N–H and O–H groups in total. The smallest absolute Gasteiger partial charge is 0.244 e. The summed E-state index contributed by atoms with van der Waals surface area (Å²) in [5.41, 5.74) is 0.864. The van der Waals surface area contributed by atoms with Crippen molar-refractivity contribution in [1.29, 1.82) is 0 Å². The van der Waals surface area contributed by atoms with Gasteiger partial charge in [0.2, 0.25) is 5.91 Å². The number of amides is 1. The maximum Gasteiger partial charge on any atom is 0.244 e. The first-order chi connectivity index (χ1) is 10.1. The first-order valence-electron chi connectivity index (χ1n) is 7.94. The second-order valence-corrected chi connectivity index (χ2v) is 6.10. The third kappa shape index (κ3) is 2.42. The van der Waals surface area contributed by atoms with E-state index >= 15 is 0 Å². The molecule has 1 spiro atoms. The van der Waals surface area contributed by atoms with Gasteiger partial charge in [0.15, 0.2) is 0 Å². The number of hydrogen-bond donors (Lipinski definition) is 1. The van der Waals surface area contributed by atoms with Crippen molar-refractivity contribution in [2.24, 2.45) is 0 Å². The monoisotopic (exact) mass is 288 g/mol. The van der Waals surface area contributed by atoms with Crippen LogP contribution in [0.1, 0.15) is 51.8 Å². The number of nitrogens with one attached hydrogen (secondary N) is 1. The zero-order valence-corrected chi connectivity index (χ0v) is 13.1. The molecule has 114 valence electrons. The van der Waals surface area contributed by atoms with Crippen molar-refractivity contribution in [3.63, 3.8) is 0 Å². The SMILES string of the molecule is CCOc1ccc(C2NC3(CC3)C(=O)N2C(C)CC)cc1. The number of carbonyl (C=O) groups is 1. The van der Waals surface area contributed by atoms with Gasteiger partial charge in [-0.1, -0.05) is 19.1 Å². The molecule has 1 saturated heterocycles. The highest BCUT2D eigenvalue weighted by Crippen LogP contribution is 2.47. The Morgan fingerprint density at radius 2 is 2.00 bits per heavy atom. The highest BCUT2D eigenvalue weighted by Gasteiger charge is 2.59. The molecule has 3 rings (SSSR count). The molecule has 2 fully saturated rings. The van der Waals surface area contributed by atoms with Crippen LogP contribution < -0.4 is 10.1 Å². The maximum atomic E-state index is 12.7. The fraction of sp³-hybridized carbons (Fsp3) is 0.588. The highest BCUT2D eigenvalue weighted by atomic mass is 16.5. The van der Waals surface area contributed by atoms with Gasteiger partial charge >= 0.3 is 0 Å². The van der Waals surface area contributed by atoms with Crippen LogP contribution in [0.5, 0.6) is 5.75 Å². The highest BCUT2D eigenvalue weighted by molar-refractivity contribution is 5.92. The lowest BCUT2D eigenvalue weighted by atomic mass is 10.1. The first kappa shape index (κ1) is 14.4. The van der Waals surface area contributed by atoms with E-state index in [0.29, 0.717) is 6.61 Å². The quantitative estimate of drug-likeness (QED) is 0.906. The fourth-order valence-corrected chi connectivity index (χ4v) is 3.05. The predicted octanol–water partition coefficient (Wildman–Crippen LogP) is 2.85. The van der Waals surface area contributed by atoms with Crippen molar-refractivity contribution in [3.05, 3.63) is 29.8 Å². The van der Waals surface area contributed by atoms with Crippen LogP contribution in [-0.2, 0) is 4.79 Å². The Bertz CT molecular complexity index is 522. The molecular weight excluding hydrogens is 264 g/mol. The van der Waals surface area contributed by atoms with Crippen molar-refractivity contribution in [3.8, 4) is 5.75 Å². The Labute approximate surface area is 126 Å². The Hall–Kier alpha value is -1.55. The third-order valence-corrected chi connectivity index (χ3v) is 4.66. The summed E-state index contributed by atoms with van der Waals surface area (Å²) >= 11 is 0. The third-order valence-electron chi connectivity index (χ3n) is 4.66. The van der Waals surface area contributed by atoms with Crippen LogP contribution in [0.25, 0.3) is 0 Å². The summed E-state index contributed by atoms with van der Waals surface area (Å²) in [6.45, 7) is 6.90. The summed E-state index contributed by atoms with van der Waals surface area (Å²) in [5.74, 6) is 1.15. The van der Waals surface area contributed by atoms with Gasteiger partial charge in [0.25, 0.3) is 0 Å². The van der Waals surface area contributed by atoms with E-state index in [1.807, 2.05) is 24.0 Å². The molecule has 1 amide bonds. The molecule has 21 heavy (non-hydrogen) atoms. The van der Waals surface area contributed by atoms with Crippen molar-refractivity contribution < 1.29 is 9.53 Å². The second kappa shape index (κ2) is 5.34. The second-order valence-electron chi connectivity index (χ2n) is 6.10. The van der Waals surface area contributed by atoms with E-state index in [-0.39, 0.29) is 23.7 Å². The summed E-state index contributed by atoms with van der Waals surface area (Å²) in [5, 5.41) is 3.56. The Morgan fingerprint density at radius 3 is 2.52 bits per heavy atom. The lowest BCUT2D eigenvalue weighted by Crippen LogP contribution is -2.38. The molecule has 1 aliphatic carbocycles. The number of nitrogens with zero attached hydrogens (tertiary/aromatic N) is 1. The van der Waals surface area contributed by atoms with Crippen molar-refractivity contribution in [2.75, 3.05) is 6.61 Å². The minimum Gasteiger partial charge on any atom is -0.494 e. The summed E-state index contributed by atoms with van der Waals surface area (Å²) in [6, 6.07) is 8.34. The summed E-state index contributed by atoms with van der Waals surface area (Å²) in [7, 11) is 0. The number of hydrogen-bond acceptors (Lipinski definition) is 3. The number of carbonyl (C=O) groups excluding carboxylic acids is 1. The van der Waals surface area contributed by atoms with Gasteiger partial charge in [0, 0.05) is 6.04 Å². The van der Waals surface area contributed by atoms with Crippen LogP contribution in [0.2, 0.25) is 0 Å². The van der Waals surface area contributed by atoms with Crippen molar-refractivity contribution in [2.45, 2.75) is 57.8 Å². The summed E-state index contributed by atoms with van der Waals surface area (Å²) < 4.78 is 5.49. The van der Waals surface area contributed by atoms with Gasteiger partial charge in [0.05, 0.1) is 6.61 Å². The van der Waals surface area contributed by atoms with E-state index in [2.05, 4.69) is 31.3 Å². The molecule has 2 atom stereocenters. The topological polar surface area (TPSA) is 41.6 Å². The molecule has 2 unspecified atom stereocenters. The van der Waals surface area contributed by atoms with E-state index < -0.39 is 0 Å². The lowest BCUT2D eigenvalue weighted by Gasteiger charge is -2.30. The van der Waals surface area contributed by atoms with E-state index in [1.165, 1.54) is 0 Å². The Morgan fingerprint density at radius 1 is 1.33 bits per heavy atom. The molecule has 1 aliphatic heterocycles. The van der Waals surface area contributed by atoms with E-state index in [0.717, 1.165) is 30.6 Å². The standard InChI is InChI=1S/C17H24N2O2/c1-4-12(3)19-15(18-17(10-11-17)16(19)20)13-6-8-14(9-7-13)21-5-2/h6-9,12,15,18H,4-5,10-11H2,1-3H3. The van der Waals surface area contributed by atoms with Crippen LogP contribution in [0.4, 0.5) is 0 Å². The van der Waals surface area contributed by atoms with Crippen molar-refractivity contribution in [1.82, 2.24) is 10.2 Å². The van der Waals surface area contributed by atoms with E-state index in [4.69, 9.17) is 4.74 Å². The Balaban J connectivity index is 1.86. The molecule has 1 aromatic carbocycles. The van der Waals surface area contributed by atoms with Crippen molar-refractivity contribution >= 4 is 5.91 Å². The molecule has 1 heterocycles. The minimum atomic E-state index is -0.271. The molecule has 0 radical (unpaired) electrons. The lowest BCUT2D eigenvalue weighted by molar-refractivity contribution is -0.132. The molecule has 0 aromatic heterocycles. The zero-order chi connectivity index (χ0) is 15.0. The average molecular weight is 288 g/mol. The summed E-state index contributed by atoms with van der Waals surface area (Å²) in [4.78, 5) is 14.7. The Kier molecular flexibility index (Phi) is 3.66. The minimum absolute atomic E-state index is 0.00868. The van der Waals surface area contributed by atoms with Crippen LogP contribution >= 0.6 is 0 Å². The van der Waals surface area contributed by atoms with Gasteiger partial charge in [-0.3, -0.25) is 10.1 Å². The zero-order valence-electron chi connectivity index (χ0n) is 13.1. The predicted molar refractivity (Wildman–Crippen MR) is 82.1 cm³/mol. The van der Waals surface area contributed by atoms with Gasteiger partial charge in [-0.2, -0.15) is 0 Å². The van der Waals surface area contributed by atoms with E-state index in [9.17, 15) is 4.79 Å². The average Bonchev–Trinajstić information content (AvgIpc) is 3.22. The van der Waals surface area contributed by atoms with Gasteiger partial charge < -0.3 is 9.64 Å². The summed E-state index contributed by atoms with van der Waals surface area (Å²) in [6.07, 6.45) is 2.89. The molecule has 0 bridgehead atoms. The van der Waals surface area contributed by atoms with Gasteiger partial charge in [-0.25, -0.2) is 0 Å². The van der Waals surface area contributed by atoms with Gasteiger partial charge in [-0.05, 0) is 50.8 Å². The van der Waals surface area contributed by atoms with Crippen LogP contribution in [-0.4, -0.2) is 29.0 Å². The fourth-order valence-electron chi connectivity index (χ4n) is 3.05. The molecular formula is C17H24N2O2. The normalized spacial score (nSPS) is 24.4. The van der Waals surface area contributed by atoms with Gasteiger partial charge in [-0.15, -0.1) is 0 Å². The molecule has 1 aromatic rings. The first-order valence-corrected chi connectivity index (χ1v) is 7.94. The van der Waals surface area contributed by atoms with E-state index in [1.54, 1.807) is 0 Å². The largest absolute Gasteiger partial charge is 0.494 e. The van der Waals surface area contributed by atoms with Gasteiger partial charge in [0.1, 0.15) is 17.5 Å². The van der Waals surface area contributed by atoms with Crippen LogP contribution in [0.3, 0.4) is 0 Å². The van der Waals surface area contributed by atoms with Crippen LogP contribution in [0.15, 0.2) is 24.3 Å². The number of benzene rings is 1. The number of ether oxygens (including phenoxy) is 1. The molecule has 4 heteroatoms. The number of rotatable bonds is 5. The van der Waals surface area contributed by atoms with Crippen LogP contribution in [0, 0.1) is 0 Å². The molecule has 2 aliphatic rings.